The molecule has 0 bridgehead atoms. The Balaban J connectivity index is 1.82. The largest absolute Gasteiger partial charge is 0.482 e. The maximum absolute atomic E-state index is 11.9. The number of hydrogen-bond donors (Lipinski definition) is 1. The smallest absolute Gasteiger partial charge is 0.409 e. The fourth-order valence-electron chi connectivity index (χ4n) is 2.20. The summed E-state index contributed by atoms with van der Waals surface area (Å²) in [5.74, 6) is -0.0392. The third-order valence-corrected chi connectivity index (χ3v) is 4.34. The van der Waals surface area contributed by atoms with Crippen LogP contribution in [0.4, 0.5) is 4.79 Å². The van der Waals surface area contributed by atoms with Crippen molar-refractivity contribution >= 4 is 46.8 Å². The number of nitrogens with zero attached hydrogens (tertiary/aromatic N) is 1. The van der Waals surface area contributed by atoms with E-state index >= 15 is 0 Å². The van der Waals surface area contributed by atoms with Gasteiger partial charge in [-0.15, -0.1) is 0 Å². The molecule has 1 saturated heterocycles. The molecule has 126 valence electrons. The minimum Gasteiger partial charge on any atom is -0.482 e. The summed E-state index contributed by atoms with van der Waals surface area (Å²) in [7, 11) is 1.32. The first-order chi connectivity index (χ1) is 10.9. The molecule has 6 nitrogen and oxygen atoms in total. The summed E-state index contributed by atoms with van der Waals surface area (Å²) in [5.41, 5.74) is 0. The van der Waals surface area contributed by atoms with Gasteiger partial charge in [0.15, 0.2) is 6.61 Å². The summed E-state index contributed by atoms with van der Waals surface area (Å²) in [6.07, 6.45) is 0.259. The molecule has 1 heterocycles. The summed E-state index contributed by atoms with van der Waals surface area (Å²) >= 11 is 17.7. The quantitative estimate of drug-likeness (QED) is 0.814. The Morgan fingerprint density at radius 1 is 1.26 bits per heavy atom. The highest BCUT2D eigenvalue weighted by molar-refractivity contribution is 6.43. The van der Waals surface area contributed by atoms with Crippen LogP contribution in [0.15, 0.2) is 12.1 Å². The maximum atomic E-state index is 11.9. The number of rotatable bonds is 4. The standard InChI is InChI=1S/C14H15Cl3N2O4/c1-22-14(21)19-3-2-8(6-19)18-13(20)7-23-12-5-10(16)9(15)4-11(12)17/h4-5,8H,2-3,6-7H2,1H3,(H,18,20)/t8-/m1/s1. The lowest BCUT2D eigenvalue weighted by molar-refractivity contribution is -0.123. The third-order valence-electron chi connectivity index (χ3n) is 3.32. The number of carbonyl (C=O) groups excluding carboxylic acids is 2. The van der Waals surface area contributed by atoms with Gasteiger partial charge in [-0.05, 0) is 12.5 Å². The van der Waals surface area contributed by atoms with Gasteiger partial charge in [0, 0.05) is 25.2 Å². The average Bonchev–Trinajstić information content (AvgIpc) is 2.97. The zero-order chi connectivity index (χ0) is 17.0. The molecule has 23 heavy (non-hydrogen) atoms. The Morgan fingerprint density at radius 3 is 2.65 bits per heavy atom. The molecule has 0 aromatic heterocycles. The molecule has 1 fully saturated rings. The molecule has 2 rings (SSSR count). The van der Waals surface area contributed by atoms with E-state index in [2.05, 4.69) is 10.1 Å². The van der Waals surface area contributed by atoms with Crippen molar-refractivity contribution < 1.29 is 19.1 Å². The molecule has 0 unspecified atom stereocenters. The van der Waals surface area contributed by atoms with Gasteiger partial charge < -0.3 is 19.7 Å². The molecule has 1 aromatic rings. The second-order valence-electron chi connectivity index (χ2n) is 4.95. The first-order valence-corrected chi connectivity index (χ1v) is 7.93. The van der Waals surface area contributed by atoms with Crippen molar-refractivity contribution in [1.29, 1.82) is 0 Å². The van der Waals surface area contributed by atoms with Crippen LogP contribution in [-0.2, 0) is 9.53 Å². The predicted octanol–water partition coefficient (Wildman–Crippen LogP) is 2.98. The number of ether oxygens (including phenoxy) is 2. The summed E-state index contributed by atoms with van der Waals surface area (Å²) in [5, 5.41) is 3.65. The van der Waals surface area contributed by atoms with E-state index in [9.17, 15) is 9.59 Å². The molecule has 1 aliphatic heterocycles. The van der Waals surface area contributed by atoms with Crippen molar-refractivity contribution in [2.24, 2.45) is 0 Å². The minimum absolute atomic E-state index is 0.130. The molecule has 2 amide bonds. The normalized spacial score (nSPS) is 17.0. The van der Waals surface area contributed by atoms with Crippen molar-refractivity contribution in [2.45, 2.75) is 12.5 Å². The van der Waals surface area contributed by atoms with Crippen LogP contribution < -0.4 is 10.1 Å². The molecular formula is C14H15Cl3N2O4. The number of methoxy groups -OCH3 is 1. The van der Waals surface area contributed by atoms with E-state index < -0.39 is 6.09 Å². The van der Waals surface area contributed by atoms with Crippen molar-refractivity contribution in [3.05, 3.63) is 27.2 Å². The fraction of sp³-hybridized carbons (Fsp3) is 0.429. The molecule has 1 atom stereocenters. The van der Waals surface area contributed by atoms with Gasteiger partial charge in [-0.2, -0.15) is 0 Å². The van der Waals surface area contributed by atoms with Gasteiger partial charge in [-0.3, -0.25) is 4.79 Å². The number of likely N-dealkylation sites (tertiary alicyclic amines) is 1. The van der Waals surface area contributed by atoms with Gasteiger partial charge in [0.25, 0.3) is 5.91 Å². The Hall–Kier alpha value is -1.37. The maximum Gasteiger partial charge on any atom is 0.409 e. The average molecular weight is 382 g/mol. The van der Waals surface area contributed by atoms with Crippen LogP contribution in [0.5, 0.6) is 5.75 Å². The Morgan fingerprint density at radius 2 is 1.96 bits per heavy atom. The SMILES string of the molecule is COC(=O)N1CC[C@@H](NC(=O)COc2cc(Cl)c(Cl)cc2Cl)C1. The van der Waals surface area contributed by atoms with Crippen LogP contribution >= 0.6 is 34.8 Å². The van der Waals surface area contributed by atoms with E-state index in [1.807, 2.05) is 0 Å². The van der Waals surface area contributed by atoms with E-state index in [4.69, 9.17) is 39.5 Å². The summed E-state index contributed by atoms with van der Waals surface area (Å²) < 4.78 is 9.99. The van der Waals surface area contributed by atoms with Crippen molar-refractivity contribution in [2.75, 3.05) is 26.8 Å². The van der Waals surface area contributed by atoms with Crippen molar-refractivity contribution in [3.63, 3.8) is 0 Å². The minimum atomic E-state index is -0.402. The van der Waals surface area contributed by atoms with Crippen LogP contribution in [0.2, 0.25) is 15.1 Å². The lowest BCUT2D eigenvalue weighted by atomic mass is 10.2. The number of benzene rings is 1. The third kappa shape index (κ3) is 4.80. The molecule has 1 aliphatic rings. The number of amides is 2. The fourth-order valence-corrected chi connectivity index (χ4v) is 2.79. The van der Waals surface area contributed by atoms with E-state index in [0.717, 1.165) is 0 Å². The zero-order valence-electron chi connectivity index (χ0n) is 12.3. The van der Waals surface area contributed by atoms with Crippen LogP contribution in [-0.4, -0.2) is 49.7 Å². The van der Waals surface area contributed by atoms with Crippen molar-refractivity contribution in [1.82, 2.24) is 10.2 Å². The van der Waals surface area contributed by atoms with E-state index in [-0.39, 0.29) is 34.4 Å². The molecule has 0 saturated carbocycles. The van der Waals surface area contributed by atoms with Crippen LogP contribution in [0, 0.1) is 0 Å². The van der Waals surface area contributed by atoms with Gasteiger partial charge in [0.2, 0.25) is 0 Å². The lowest BCUT2D eigenvalue weighted by Crippen LogP contribution is -2.40. The second-order valence-corrected chi connectivity index (χ2v) is 6.18. The first-order valence-electron chi connectivity index (χ1n) is 6.80. The number of hydrogen-bond acceptors (Lipinski definition) is 4. The van der Waals surface area contributed by atoms with E-state index in [1.165, 1.54) is 24.1 Å². The van der Waals surface area contributed by atoms with E-state index in [0.29, 0.717) is 24.5 Å². The Labute approximate surface area is 148 Å². The lowest BCUT2D eigenvalue weighted by Gasteiger charge is -2.16. The molecule has 9 heteroatoms. The van der Waals surface area contributed by atoms with Crippen molar-refractivity contribution in [3.8, 4) is 5.75 Å². The zero-order valence-corrected chi connectivity index (χ0v) is 14.5. The summed E-state index contributed by atoms with van der Waals surface area (Å²) in [4.78, 5) is 24.8. The van der Waals surface area contributed by atoms with Crippen LogP contribution in [0.1, 0.15) is 6.42 Å². The molecule has 0 spiro atoms. The van der Waals surface area contributed by atoms with Gasteiger partial charge >= 0.3 is 6.09 Å². The number of halogens is 3. The van der Waals surface area contributed by atoms with Crippen LogP contribution in [0.3, 0.4) is 0 Å². The Kier molecular flexibility index (Phi) is 6.21. The molecule has 0 radical (unpaired) electrons. The highest BCUT2D eigenvalue weighted by Crippen LogP contribution is 2.33. The van der Waals surface area contributed by atoms with E-state index in [1.54, 1.807) is 0 Å². The molecule has 0 aliphatic carbocycles. The highest BCUT2D eigenvalue weighted by atomic mass is 35.5. The topological polar surface area (TPSA) is 67.9 Å². The predicted molar refractivity (Wildman–Crippen MR) is 87.5 cm³/mol. The monoisotopic (exact) mass is 380 g/mol. The number of carbonyl (C=O) groups is 2. The summed E-state index contributed by atoms with van der Waals surface area (Å²) in [6.45, 7) is 0.732. The summed E-state index contributed by atoms with van der Waals surface area (Å²) in [6, 6.07) is 2.77. The van der Waals surface area contributed by atoms with Gasteiger partial charge in [0.05, 0.1) is 22.2 Å². The molecule has 1 N–H and O–H groups in total. The van der Waals surface area contributed by atoms with Gasteiger partial charge in [0.1, 0.15) is 5.75 Å². The van der Waals surface area contributed by atoms with Crippen LogP contribution in [0.25, 0.3) is 0 Å². The molecular weight excluding hydrogens is 367 g/mol. The number of nitrogens with one attached hydrogen (secondary N) is 1. The molecule has 1 aromatic carbocycles. The Bertz CT molecular complexity index is 612. The van der Waals surface area contributed by atoms with Gasteiger partial charge in [-0.1, -0.05) is 34.8 Å². The first kappa shape index (κ1) is 18.0. The highest BCUT2D eigenvalue weighted by Gasteiger charge is 2.27. The second kappa shape index (κ2) is 7.95. The van der Waals surface area contributed by atoms with Gasteiger partial charge in [-0.25, -0.2) is 4.79 Å².